The Bertz CT molecular complexity index is 2090. The molecule has 2 aliphatic rings. The Morgan fingerprint density at radius 1 is 0.967 bits per heavy atom. The molecule has 22 nitrogen and oxygen atoms in total. The Balaban J connectivity index is 1.01. The second-order valence-electron chi connectivity index (χ2n) is 13.9. The van der Waals surface area contributed by atoms with Crippen molar-refractivity contribution in [2.45, 2.75) is 102 Å². The number of ether oxygens (including phenoxy) is 6. The molecule has 7 atom stereocenters. The van der Waals surface area contributed by atoms with Crippen molar-refractivity contribution >= 4 is 23.7 Å². The number of esters is 1. The number of carbonyl (C=O) groups is 2. The number of H-pyrrole nitrogens is 1. The lowest BCUT2D eigenvalue weighted by atomic mass is 9.98. The molecule has 2 aromatic heterocycles. The average molecular weight is 859 g/mol. The molecule has 0 bridgehead atoms. The third-order valence-corrected chi connectivity index (χ3v) is 10.0. The normalized spacial score (nSPS) is 19.8. The summed E-state index contributed by atoms with van der Waals surface area (Å²) in [7, 11) is 0. The highest BCUT2D eigenvalue weighted by Crippen LogP contribution is 2.32. The van der Waals surface area contributed by atoms with Gasteiger partial charge in [0.2, 0.25) is 12.1 Å². The molecule has 0 radical (unpaired) electrons. The number of aryl methyl sites for hydroxylation is 1. The maximum absolute atomic E-state index is 13.6. The van der Waals surface area contributed by atoms with Crippen molar-refractivity contribution in [3.05, 3.63) is 91.0 Å². The highest BCUT2D eigenvalue weighted by Gasteiger charge is 2.50. The predicted octanol–water partition coefficient (Wildman–Crippen LogP) is 4.94. The van der Waals surface area contributed by atoms with Gasteiger partial charge in [0.1, 0.15) is 36.3 Å². The number of fused-ring (bicyclic) bond motifs is 1. The van der Waals surface area contributed by atoms with Crippen LogP contribution in [0.5, 0.6) is 0 Å². The number of aromatic amines is 1. The van der Waals surface area contributed by atoms with E-state index in [1.165, 1.54) is 13.8 Å². The summed E-state index contributed by atoms with van der Waals surface area (Å²) in [5, 5.41) is 33.7. The zero-order chi connectivity index (χ0) is 42.8. The van der Waals surface area contributed by atoms with Crippen LogP contribution in [0.2, 0.25) is 5.15 Å². The molecule has 23 heteroatoms. The molecular formula is C37H43ClN8O14. The third kappa shape index (κ3) is 11.0. The van der Waals surface area contributed by atoms with Gasteiger partial charge in [0.25, 0.3) is 10.2 Å². The summed E-state index contributed by atoms with van der Waals surface area (Å²) in [6.07, 6.45) is -5.12. The van der Waals surface area contributed by atoms with E-state index >= 15 is 0 Å². The fraction of sp³-hybridized carbons (Fsp3) is 0.514. The van der Waals surface area contributed by atoms with Crippen LogP contribution in [0.15, 0.2) is 48.5 Å². The molecule has 2 fully saturated rings. The van der Waals surface area contributed by atoms with Crippen LogP contribution in [0.3, 0.4) is 0 Å². The fourth-order valence-corrected chi connectivity index (χ4v) is 7.21. The first-order chi connectivity index (χ1) is 28.9. The van der Waals surface area contributed by atoms with Gasteiger partial charge in [-0.2, -0.15) is 5.21 Å². The molecule has 3 unspecified atom stereocenters. The van der Waals surface area contributed by atoms with Crippen molar-refractivity contribution in [1.29, 1.82) is 0 Å². The number of rotatable bonds is 21. The molecule has 0 aliphatic carbocycles. The molecule has 1 N–H and O–H groups in total. The van der Waals surface area contributed by atoms with Crippen molar-refractivity contribution in [3.63, 3.8) is 0 Å². The van der Waals surface area contributed by atoms with E-state index in [9.17, 15) is 29.8 Å². The van der Waals surface area contributed by atoms with Crippen LogP contribution in [0.25, 0.3) is 22.5 Å². The first-order valence-corrected chi connectivity index (χ1v) is 19.5. The Labute approximate surface area is 346 Å². The van der Waals surface area contributed by atoms with Gasteiger partial charge in [0, 0.05) is 32.1 Å². The topological polar surface area (TPSA) is 267 Å². The largest absolute Gasteiger partial charge is 0.511 e. The second kappa shape index (κ2) is 20.3. The highest BCUT2D eigenvalue weighted by atomic mass is 35.5. The van der Waals surface area contributed by atoms with Crippen molar-refractivity contribution < 1.29 is 57.9 Å². The zero-order valence-corrected chi connectivity index (χ0v) is 33.5. The van der Waals surface area contributed by atoms with E-state index in [1.807, 2.05) is 55.5 Å². The molecule has 2 aromatic carbocycles. The van der Waals surface area contributed by atoms with E-state index in [1.54, 1.807) is 4.57 Å². The maximum atomic E-state index is 13.6. The number of hydrogen-bond donors (Lipinski definition) is 1. The maximum Gasteiger partial charge on any atom is 0.511 e. The molecule has 322 valence electrons. The van der Waals surface area contributed by atoms with E-state index in [-0.39, 0.29) is 50.1 Å². The van der Waals surface area contributed by atoms with E-state index in [0.29, 0.717) is 18.1 Å². The number of halogens is 1. The van der Waals surface area contributed by atoms with Gasteiger partial charge < -0.3 is 42.7 Å². The Morgan fingerprint density at radius 3 is 2.35 bits per heavy atom. The first-order valence-electron chi connectivity index (χ1n) is 19.1. The van der Waals surface area contributed by atoms with E-state index in [4.69, 9.17) is 40.0 Å². The first kappa shape index (κ1) is 43.6. The molecule has 0 spiro atoms. The number of imidazole rings is 1. The Hall–Kier alpha value is -5.97. The number of hydrogen-bond acceptors (Lipinski definition) is 18. The number of nitrogens with one attached hydrogen (secondary N) is 1. The monoisotopic (exact) mass is 858 g/mol. The van der Waals surface area contributed by atoms with Crippen molar-refractivity contribution in [3.8, 4) is 22.5 Å². The van der Waals surface area contributed by atoms with Gasteiger partial charge >= 0.3 is 12.1 Å². The lowest BCUT2D eigenvalue weighted by molar-refractivity contribution is -0.798. The lowest BCUT2D eigenvalue weighted by Crippen LogP contribution is -2.36. The van der Waals surface area contributed by atoms with Crippen LogP contribution in [-0.2, 0) is 51.1 Å². The molecule has 6 rings (SSSR count). The summed E-state index contributed by atoms with van der Waals surface area (Å²) in [5.74, 6) is 0.197. The Kier molecular flexibility index (Phi) is 14.8. The van der Waals surface area contributed by atoms with E-state index in [2.05, 4.69) is 35.3 Å². The number of nitrogens with zero attached hydrogens (tertiary/aromatic N) is 7. The standard InChI is InChI=1S/C37H43ClN8O14/c1-4-5-12-30-39-34(38)31(44(30)18-23-13-15-24(16-14-23)25-9-6-7-10-26(25)35-40-42-43-41-35)36(47)56-22(3)57-37(48)58-29-20-55-32-28(19-54-33(29)32)53-17-8-11-27(60-46(51)52)21(2)59-45(49)50/h6-7,9-10,13-16,21-22,27-29,32-33H,4-5,8,11-12,17-20H2,1-3H3,(H,40,41,42,43)/t21-,22?,27-,28-,29-,32?,33?/m1/s1. The second-order valence-corrected chi connectivity index (χ2v) is 14.2. The molecular weight excluding hydrogens is 816 g/mol. The molecule has 4 aromatic rings. The van der Waals surface area contributed by atoms with Crippen LogP contribution >= 0.6 is 11.6 Å². The number of carbonyl (C=O) groups excluding carboxylic acids is 2. The summed E-state index contributed by atoms with van der Waals surface area (Å²) < 4.78 is 35.4. The molecule has 2 aliphatic heterocycles. The summed E-state index contributed by atoms with van der Waals surface area (Å²) in [5.41, 5.74) is 3.49. The smallest absolute Gasteiger partial charge is 0.426 e. The molecule has 4 heterocycles. The fourth-order valence-electron chi connectivity index (χ4n) is 6.93. The zero-order valence-electron chi connectivity index (χ0n) is 32.7. The van der Waals surface area contributed by atoms with E-state index < -0.39 is 65.2 Å². The molecule has 2 saturated heterocycles. The van der Waals surface area contributed by atoms with E-state index in [0.717, 1.165) is 35.1 Å². The third-order valence-electron chi connectivity index (χ3n) is 9.78. The van der Waals surface area contributed by atoms with Crippen molar-refractivity contribution in [2.24, 2.45) is 0 Å². The SMILES string of the molecule is CCCCc1nc(Cl)c(C(=O)OC(C)OC(=O)O[C@@H]2COC3C2OC[C@H]3OCCC[C@@H](O[N+](=O)[O-])[C@@H](C)O[N+](=O)[O-])n1Cc1ccc(-c2ccccc2-c2nn[nH]n2)cc1. The van der Waals surface area contributed by atoms with Crippen molar-refractivity contribution in [2.75, 3.05) is 19.8 Å². The predicted molar refractivity (Wildman–Crippen MR) is 204 cm³/mol. The summed E-state index contributed by atoms with van der Waals surface area (Å²) >= 11 is 6.55. The van der Waals surface area contributed by atoms with Gasteiger partial charge in [-0.1, -0.05) is 73.5 Å². The minimum absolute atomic E-state index is 0.00390. The minimum atomic E-state index is -1.39. The summed E-state index contributed by atoms with van der Waals surface area (Å²) in [6, 6.07) is 15.5. The van der Waals surface area contributed by atoms with Crippen LogP contribution in [-0.4, -0.2) is 115 Å². The Morgan fingerprint density at radius 2 is 1.67 bits per heavy atom. The van der Waals surface area contributed by atoms with Crippen LogP contribution in [0.1, 0.15) is 68.3 Å². The number of benzene rings is 2. The van der Waals surface area contributed by atoms with Gasteiger partial charge in [0.05, 0.1) is 13.2 Å². The number of tetrazole rings is 1. The summed E-state index contributed by atoms with van der Waals surface area (Å²) in [4.78, 5) is 61.3. The van der Waals surface area contributed by atoms with Crippen LogP contribution in [0, 0.1) is 20.2 Å². The average Bonchev–Trinajstić information content (AvgIpc) is 4.02. The molecule has 60 heavy (non-hydrogen) atoms. The minimum Gasteiger partial charge on any atom is -0.426 e. The lowest BCUT2D eigenvalue weighted by Gasteiger charge is -2.21. The van der Waals surface area contributed by atoms with Gasteiger partial charge in [-0.15, -0.1) is 30.4 Å². The molecule has 0 saturated carbocycles. The number of unbranched alkanes of at least 4 members (excludes halogenated alkanes) is 1. The molecule has 0 amide bonds. The van der Waals surface area contributed by atoms with Gasteiger partial charge in [0.15, 0.2) is 17.0 Å². The van der Waals surface area contributed by atoms with Gasteiger partial charge in [-0.25, -0.2) is 14.6 Å². The summed E-state index contributed by atoms with van der Waals surface area (Å²) in [6.45, 7) is 5.08. The van der Waals surface area contributed by atoms with Gasteiger partial charge in [-0.05, 0) is 48.1 Å². The van der Waals surface area contributed by atoms with Crippen LogP contribution < -0.4 is 0 Å². The highest BCUT2D eigenvalue weighted by molar-refractivity contribution is 6.32. The number of aromatic nitrogens is 6. The van der Waals surface area contributed by atoms with Gasteiger partial charge in [-0.3, -0.25) is 0 Å². The van der Waals surface area contributed by atoms with Crippen LogP contribution in [0.4, 0.5) is 4.79 Å². The van der Waals surface area contributed by atoms with Crippen molar-refractivity contribution in [1.82, 2.24) is 30.2 Å². The quantitative estimate of drug-likeness (QED) is 0.0382.